The van der Waals surface area contributed by atoms with Gasteiger partial charge in [0.05, 0.1) is 11.4 Å². The Morgan fingerprint density at radius 3 is 2.71 bits per heavy atom. The smallest absolute Gasteiger partial charge is 0.261 e. The summed E-state index contributed by atoms with van der Waals surface area (Å²) in [5.41, 5.74) is 6.01. The topological polar surface area (TPSA) is 92.4 Å². The molecule has 5 nitrogen and oxygen atoms in total. The van der Waals surface area contributed by atoms with E-state index < -0.39 is 12.0 Å². The molecule has 0 saturated carbocycles. The number of nitrogens with two attached hydrogens (primary N) is 1. The molecule has 6 heteroatoms. The Bertz CT molecular complexity index is 428. The molecule has 0 aliphatic rings. The summed E-state index contributed by atoms with van der Waals surface area (Å²) in [7, 11) is 0. The second kappa shape index (κ2) is 5.79. The SMILES string of the molecule is CCc1cc(C(=O)NCC(O)C(N)=O)sc1C. The van der Waals surface area contributed by atoms with Gasteiger partial charge in [0.25, 0.3) is 5.91 Å². The molecule has 0 saturated heterocycles. The Balaban J connectivity index is 2.61. The van der Waals surface area contributed by atoms with E-state index in [2.05, 4.69) is 5.32 Å². The Kier molecular flexibility index (Phi) is 4.65. The minimum atomic E-state index is -1.34. The number of aryl methyl sites for hydroxylation is 2. The van der Waals surface area contributed by atoms with Gasteiger partial charge in [0.1, 0.15) is 6.10 Å². The zero-order valence-electron chi connectivity index (χ0n) is 9.82. The third kappa shape index (κ3) is 3.54. The lowest BCUT2D eigenvalue weighted by atomic mass is 10.2. The molecule has 4 N–H and O–H groups in total. The number of amides is 2. The summed E-state index contributed by atoms with van der Waals surface area (Å²) in [6.07, 6.45) is -0.467. The molecule has 1 aromatic heterocycles. The second-order valence-corrected chi connectivity index (χ2v) is 4.93. The molecular weight excluding hydrogens is 240 g/mol. The first-order valence-electron chi connectivity index (χ1n) is 5.30. The van der Waals surface area contributed by atoms with Crippen LogP contribution in [-0.4, -0.2) is 29.6 Å². The summed E-state index contributed by atoms with van der Waals surface area (Å²) < 4.78 is 0. The van der Waals surface area contributed by atoms with Gasteiger partial charge in [0.15, 0.2) is 0 Å². The van der Waals surface area contributed by atoms with E-state index in [0.29, 0.717) is 4.88 Å². The van der Waals surface area contributed by atoms with Gasteiger partial charge in [-0.25, -0.2) is 0 Å². The number of rotatable bonds is 5. The molecule has 0 fully saturated rings. The highest BCUT2D eigenvalue weighted by Gasteiger charge is 2.15. The molecule has 0 aromatic carbocycles. The summed E-state index contributed by atoms with van der Waals surface area (Å²) in [6.45, 7) is 3.82. The van der Waals surface area contributed by atoms with Gasteiger partial charge in [-0.3, -0.25) is 9.59 Å². The third-order valence-corrected chi connectivity index (χ3v) is 3.50. The van der Waals surface area contributed by atoms with Crippen molar-refractivity contribution >= 4 is 23.2 Å². The van der Waals surface area contributed by atoms with E-state index in [0.717, 1.165) is 16.9 Å². The number of nitrogens with one attached hydrogen (secondary N) is 1. The largest absolute Gasteiger partial charge is 0.381 e. The lowest BCUT2D eigenvalue weighted by Gasteiger charge is -2.06. The van der Waals surface area contributed by atoms with Crippen molar-refractivity contribution in [2.75, 3.05) is 6.54 Å². The van der Waals surface area contributed by atoms with Crippen LogP contribution in [-0.2, 0) is 11.2 Å². The maximum absolute atomic E-state index is 11.7. The molecule has 0 aliphatic carbocycles. The van der Waals surface area contributed by atoms with E-state index in [-0.39, 0.29) is 12.5 Å². The number of hydrogen-bond donors (Lipinski definition) is 3. The highest BCUT2D eigenvalue weighted by atomic mass is 32.1. The molecular formula is C11H16N2O3S. The first-order valence-corrected chi connectivity index (χ1v) is 6.12. The highest BCUT2D eigenvalue weighted by Crippen LogP contribution is 2.21. The average Bonchev–Trinajstić information content (AvgIpc) is 2.66. The van der Waals surface area contributed by atoms with Gasteiger partial charge in [-0.1, -0.05) is 6.92 Å². The Morgan fingerprint density at radius 1 is 1.59 bits per heavy atom. The van der Waals surface area contributed by atoms with Crippen LogP contribution in [0, 0.1) is 6.92 Å². The minimum Gasteiger partial charge on any atom is -0.381 e. The van der Waals surface area contributed by atoms with Crippen LogP contribution in [0.25, 0.3) is 0 Å². The van der Waals surface area contributed by atoms with Crippen LogP contribution in [0.3, 0.4) is 0 Å². The van der Waals surface area contributed by atoms with Crippen molar-refractivity contribution in [2.45, 2.75) is 26.4 Å². The average molecular weight is 256 g/mol. The molecule has 0 aliphatic heterocycles. The van der Waals surface area contributed by atoms with Crippen molar-refractivity contribution < 1.29 is 14.7 Å². The zero-order chi connectivity index (χ0) is 13.0. The number of aliphatic hydroxyl groups excluding tert-OH is 1. The molecule has 94 valence electrons. The van der Waals surface area contributed by atoms with Crippen LogP contribution in [0.15, 0.2) is 6.07 Å². The fourth-order valence-corrected chi connectivity index (χ4v) is 2.39. The number of carbonyl (C=O) groups is 2. The molecule has 1 unspecified atom stereocenters. The molecule has 17 heavy (non-hydrogen) atoms. The van der Waals surface area contributed by atoms with Crippen molar-refractivity contribution in [3.63, 3.8) is 0 Å². The van der Waals surface area contributed by atoms with Crippen LogP contribution in [0.2, 0.25) is 0 Å². The molecule has 1 atom stereocenters. The van der Waals surface area contributed by atoms with Crippen LogP contribution >= 0.6 is 11.3 Å². The van der Waals surface area contributed by atoms with Crippen molar-refractivity contribution in [2.24, 2.45) is 5.73 Å². The minimum absolute atomic E-state index is 0.160. The van der Waals surface area contributed by atoms with Crippen LogP contribution in [0.5, 0.6) is 0 Å². The van der Waals surface area contributed by atoms with E-state index in [1.807, 2.05) is 19.9 Å². The molecule has 1 rings (SSSR count). The molecule has 1 heterocycles. The standard InChI is InChI=1S/C11H16N2O3S/c1-3-7-4-9(17-6(7)2)11(16)13-5-8(14)10(12)15/h4,8,14H,3,5H2,1-2H3,(H2,12,15)(H,13,16). The Hall–Kier alpha value is -1.40. The maximum Gasteiger partial charge on any atom is 0.261 e. The predicted octanol–water partition coefficient (Wildman–Crippen LogP) is 0.195. The molecule has 0 spiro atoms. The lowest BCUT2D eigenvalue weighted by Crippen LogP contribution is -2.39. The molecule has 2 amide bonds. The zero-order valence-corrected chi connectivity index (χ0v) is 10.6. The van der Waals surface area contributed by atoms with Gasteiger partial charge in [-0.2, -0.15) is 0 Å². The lowest BCUT2D eigenvalue weighted by molar-refractivity contribution is -0.125. The van der Waals surface area contributed by atoms with Crippen molar-refractivity contribution in [3.05, 3.63) is 21.4 Å². The van der Waals surface area contributed by atoms with E-state index in [1.54, 1.807) is 0 Å². The fraction of sp³-hybridized carbons (Fsp3) is 0.455. The third-order valence-electron chi connectivity index (χ3n) is 2.41. The Morgan fingerprint density at radius 2 is 2.24 bits per heavy atom. The number of thiophene rings is 1. The predicted molar refractivity (Wildman–Crippen MR) is 66.0 cm³/mol. The first kappa shape index (κ1) is 13.7. The van der Waals surface area contributed by atoms with Gasteiger partial charge in [0.2, 0.25) is 5.91 Å². The van der Waals surface area contributed by atoms with E-state index in [1.165, 1.54) is 11.3 Å². The van der Waals surface area contributed by atoms with Crippen molar-refractivity contribution in [1.82, 2.24) is 5.32 Å². The molecule has 1 aromatic rings. The van der Waals surface area contributed by atoms with E-state index in [9.17, 15) is 9.59 Å². The normalized spacial score (nSPS) is 12.2. The Labute approximate surface area is 104 Å². The summed E-state index contributed by atoms with van der Waals surface area (Å²) in [6, 6.07) is 1.83. The maximum atomic E-state index is 11.7. The van der Waals surface area contributed by atoms with Crippen molar-refractivity contribution in [1.29, 1.82) is 0 Å². The summed E-state index contributed by atoms with van der Waals surface area (Å²) >= 11 is 1.40. The van der Waals surface area contributed by atoms with Crippen LogP contribution < -0.4 is 11.1 Å². The highest BCUT2D eigenvalue weighted by molar-refractivity contribution is 7.14. The second-order valence-electron chi connectivity index (χ2n) is 3.67. The quantitative estimate of drug-likeness (QED) is 0.702. The number of aliphatic hydroxyl groups is 1. The number of carbonyl (C=O) groups excluding carboxylic acids is 2. The summed E-state index contributed by atoms with van der Waals surface area (Å²) in [4.78, 5) is 24.0. The van der Waals surface area contributed by atoms with Crippen molar-refractivity contribution in [3.8, 4) is 0 Å². The van der Waals surface area contributed by atoms with Gasteiger partial charge in [-0.05, 0) is 25.0 Å². The van der Waals surface area contributed by atoms with Gasteiger partial charge in [-0.15, -0.1) is 11.3 Å². The number of primary amides is 1. The number of hydrogen-bond acceptors (Lipinski definition) is 4. The summed E-state index contributed by atoms with van der Waals surface area (Å²) in [5, 5.41) is 11.6. The van der Waals surface area contributed by atoms with Gasteiger partial charge >= 0.3 is 0 Å². The summed E-state index contributed by atoms with van der Waals surface area (Å²) in [5.74, 6) is -1.14. The monoisotopic (exact) mass is 256 g/mol. The fourth-order valence-electron chi connectivity index (χ4n) is 1.36. The van der Waals surface area contributed by atoms with Gasteiger partial charge in [0, 0.05) is 4.88 Å². The van der Waals surface area contributed by atoms with Crippen LogP contribution in [0.1, 0.15) is 27.0 Å². The van der Waals surface area contributed by atoms with E-state index in [4.69, 9.17) is 10.8 Å². The van der Waals surface area contributed by atoms with E-state index >= 15 is 0 Å². The first-order chi connectivity index (χ1) is 7.95. The van der Waals surface area contributed by atoms with Crippen LogP contribution in [0.4, 0.5) is 0 Å². The molecule has 0 bridgehead atoms. The van der Waals surface area contributed by atoms with Gasteiger partial charge < -0.3 is 16.2 Å². The molecule has 0 radical (unpaired) electrons.